The fourth-order valence-corrected chi connectivity index (χ4v) is 2.95. The fourth-order valence-electron chi connectivity index (χ4n) is 2.95. The van der Waals surface area contributed by atoms with Gasteiger partial charge in [0.05, 0.1) is 11.7 Å². The molecular formula is C18H29NO2. The average Bonchev–Trinajstić information content (AvgIpc) is 2.37. The van der Waals surface area contributed by atoms with Crippen molar-refractivity contribution in [3.63, 3.8) is 0 Å². The SMILES string of the molecule is CC(C)Oc1cccc(C(C)NC2CCOC(C)(C)C2)c1. The summed E-state index contributed by atoms with van der Waals surface area (Å²) in [6.07, 6.45) is 2.34. The molecular weight excluding hydrogens is 262 g/mol. The molecule has 1 heterocycles. The molecule has 0 spiro atoms. The summed E-state index contributed by atoms with van der Waals surface area (Å²) in [5, 5.41) is 3.74. The molecule has 0 aromatic heterocycles. The molecule has 1 aromatic carbocycles. The molecule has 1 N–H and O–H groups in total. The highest BCUT2D eigenvalue weighted by molar-refractivity contribution is 5.30. The molecule has 1 saturated heterocycles. The lowest BCUT2D eigenvalue weighted by Crippen LogP contribution is -2.44. The highest BCUT2D eigenvalue weighted by atomic mass is 16.5. The van der Waals surface area contributed by atoms with E-state index in [4.69, 9.17) is 9.47 Å². The van der Waals surface area contributed by atoms with E-state index >= 15 is 0 Å². The summed E-state index contributed by atoms with van der Waals surface area (Å²) >= 11 is 0. The largest absolute Gasteiger partial charge is 0.491 e. The summed E-state index contributed by atoms with van der Waals surface area (Å²) in [6, 6.07) is 9.22. The van der Waals surface area contributed by atoms with E-state index in [2.05, 4.69) is 58.1 Å². The maximum absolute atomic E-state index is 5.79. The maximum Gasteiger partial charge on any atom is 0.120 e. The van der Waals surface area contributed by atoms with Gasteiger partial charge >= 0.3 is 0 Å². The summed E-state index contributed by atoms with van der Waals surface area (Å²) < 4.78 is 11.6. The molecule has 1 fully saturated rings. The summed E-state index contributed by atoms with van der Waals surface area (Å²) in [7, 11) is 0. The second-order valence-electron chi connectivity index (χ2n) is 6.93. The minimum absolute atomic E-state index is 0.0156. The van der Waals surface area contributed by atoms with Crippen molar-refractivity contribution < 1.29 is 9.47 Å². The minimum Gasteiger partial charge on any atom is -0.491 e. The Hall–Kier alpha value is -1.06. The van der Waals surface area contributed by atoms with Crippen LogP contribution in [0.4, 0.5) is 0 Å². The van der Waals surface area contributed by atoms with Crippen molar-refractivity contribution in [2.75, 3.05) is 6.61 Å². The van der Waals surface area contributed by atoms with Gasteiger partial charge in [0, 0.05) is 18.7 Å². The lowest BCUT2D eigenvalue weighted by atomic mass is 9.93. The monoisotopic (exact) mass is 291 g/mol. The van der Waals surface area contributed by atoms with Crippen LogP contribution in [0.2, 0.25) is 0 Å². The van der Waals surface area contributed by atoms with Crippen LogP contribution in [0, 0.1) is 0 Å². The van der Waals surface area contributed by atoms with E-state index in [1.165, 1.54) is 5.56 Å². The molecule has 2 atom stereocenters. The summed E-state index contributed by atoms with van der Waals surface area (Å²) in [5.74, 6) is 0.948. The van der Waals surface area contributed by atoms with Gasteiger partial charge in [-0.1, -0.05) is 12.1 Å². The maximum atomic E-state index is 5.79. The molecule has 118 valence electrons. The van der Waals surface area contributed by atoms with Gasteiger partial charge < -0.3 is 14.8 Å². The Balaban J connectivity index is 1.98. The van der Waals surface area contributed by atoms with Gasteiger partial charge in [-0.25, -0.2) is 0 Å². The predicted molar refractivity (Wildman–Crippen MR) is 86.8 cm³/mol. The van der Waals surface area contributed by atoms with Crippen molar-refractivity contribution in [3.8, 4) is 5.75 Å². The summed E-state index contributed by atoms with van der Waals surface area (Å²) in [6.45, 7) is 11.5. The highest BCUT2D eigenvalue weighted by Gasteiger charge is 2.29. The van der Waals surface area contributed by atoms with E-state index in [0.29, 0.717) is 12.1 Å². The molecule has 1 aromatic rings. The van der Waals surface area contributed by atoms with Gasteiger partial charge in [0.2, 0.25) is 0 Å². The van der Waals surface area contributed by atoms with Gasteiger partial charge in [-0.2, -0.15) is 0 Å². The first-order valence-corrected chi connectivity index (χ1v) is 8.02. The van der Waals surface area contributed by atoms with Crippen LogP contribution in [0.3, 0.4) is 0 Å². The molecule has 3 heteroatoms. The third-order valence-corrected chi connectivity index (χ3v) is 3.91. The molecule has 0 saturated carbocycles. The van der Waals surface area contributed by atoms with Crippen molar-refractivity contribution in [2.45, 2.75) is 71.2 Å². The van der Waals surface area contributed by atoms with E-state index in [1.807, 2.05) is 6.07 Å². The van der Waals surface area contributed by atoms with Crippen molar-refractivity contribution >= 4 is 0 Å². The first-order chi connectivity index (χ1) is 9.85. The highest BCUT2D eigenvalue weighted by Crippen LogP contribution is 2.27. The lowest BCUT2D eigenvalue weighted by molar-refractivity contribution is -0.0640. The Morgan fingerprint density at radius 3 is 2.71 bits per heavy atom. The first-order valence-electron chi connectivity index (χ1n) is 8.02. The van der Waals surface area contributed by atoms with Gasteiger partial charge in [0.1, 0.15) is 5.75 Å². The number of nitrogens with one attached hydrogen (secondary N) is 1. The van der Waals surface area contributed by atoms with Crippen LogP contribution in [0.5, 0.6) is 5.75 Å². The Kier molecular flexibility index (Phi) is 5.28. The Bertz CT molecular complexity index is 456. The Labute approximate surface area is 129 Å². The smallest absolute Gasteiger partial charge is 0.120 e. The van der Waals surface area contributed by atoms with Crippen molar-refractivity contribution in [1.29, 1.82) is 0 Å². The molecule has 2 rings (SSSR count). The quantitative estimate of drug-likeness (QED) is 0.886. The van der Waals surface area contributed by atoms with E-state index in [1.54, 1.807) is 0 Å². The third-order valence-electron chi connectivity index (χ3n) is 3.91. The second-order valence-corrected chi connectivity index (χ2v) is 6.93. The van der Waals surface area contributed by atoms with E-state index in [-0.39, 0.29) is 11.7 Å². The Morgan fingerprint density at radius 1 is 1.29 bits per heavy atom. The second kappa shape index (κ2) is 6.80. The van der Waals surface area contributed by atoms with Crippen molar-refractivity contribution in [1.82, 2.24) is 5.32 Å². The normalized spacial score (nSPS) is 23.0. The zero-order valence-corrected chi connectivity index (χ0v) is 14.0. The van der Waals surface area contributed by atoms with Gasteiger partial charge in [-0.15, -0.1) is 0 Å². The van der Waals surface area contributed by atoms with Crippen LogP contribution in [-0.4, -0.2) is 24.4 Å². The molecule has 2 unspecified atom stereocenters. The topological polar surface area (TPSA) is 30.5 Å². The van der Waals surface area contributed by atoms with Crippen molar-refractivity contribution in [3.05, 3.63) is 29.8 Å². The van der Waals surface area contributed by atoms with Gasteiger partial charge in [-0.05, 0) is 65.2 Å². The fraction of sp³-hybridized carbons (Fsp3) is 0.667. The summed E-state index contributed by atoms with van der Waals surface area (Å²) in [5.41, 5.74) is 1.26. The van der Waals surface area contributed by atoms with Gasteiger partial charge in [0.25, 0.3) is 0 Å². The molecule has 21 heavy (non-hydrogen) atoms. The van der Waals surface area contributed by atoms with E-state index in [9.17, 15) is 0 Å². The molecule has 0 amide bonds. The Morgan fingerprint density at radius 2 is 2.05 bits per heavy atom. The zero-order valence-electron chi connectivity index (χ0n) is 14.0. The molecule has 1 aliphatic rings. The standard InChI is InChI=1S/C18H29NO2/c1-13(2)21-17-8-6-7-15(11-17)14(3)19-16-9-10-20-18(4,5)12-16/h6-8,11,13-14,16,19H,9-10,12H2,1-5H3. The number of benzene rings is 1. The van der Waals surface area contributed by atoms with Crippen LogP contribution >= 0.6 is 0 Å². The average molecular weight is 291 g/mol. The third kappa shape index (κ3) is 5.01. The van der Waals surface area contributed by atoms with Crippen molar-refractivity contribution in [2.24, 2.45) is 0 Å². The zero-order chi connectivity index (χ0) is 15.5. The van der Waals surface area contributed by atoms with Crippen LogP contribution < -0.4 is 10.1 Å². The van der Waals surface area contributed by atoms with Crippen LogP contribution in [-0.2, 0) is 4.74 Å². The predicted octanol–water partition coefficient (Wildman–Crippen LogP) is 4.08. The minimum atomic E-state index is -0.0156. The first kappa shape index (κ1) is 16.3. The number of hydrogen-bond donors (Lipinski definition) is 1. The molecule has 0 bridgehead atoms. The molecule has 0 radical (unpaired) electrons. The molecule has 1 aliphatic heterocycles. The number of ether oxygens (including phenoxy) is 2. The lowest BCUT2D eigenvalue weighted by Gasteiger charge is -2.37. The van der Waals surface area contributed by atoms with E-state index < -0.39 is 0 Å². The van der Waals surface area contributed by atoms with Gasteiger partial charge in [0.15, 0.2) is 0 Å². The van der Waals surface area contributed by atoms with Gasteiger partial charge in [-0.3, -0.25) is 0 Å². The molecule has 0 aliphatic carbocycles. The number of rotatable bonds is 5. The van der Waals surface area contributed by atoms with Crippen LogP contribution in [0.25, 0.3) is 0 Å². The summed E-state index contributed by atoms with van der Waals surface area (Å²) in [4.78, 5) is 0. The van der Waals surface area contributed by atoms with Crippen LogP contribution in [0.1, 0.15) is 59.1 Å². The van der Waals surface area contributed by atoms with E-state index in [0.717, 1.165) is 25.2 Å². The number of hydrogen-bond acceptors (Lipinski definition) is 3. The molecule has 3 nitrogen and oxygen atoms in total. The van der Waals surface area contributed by atoms with Crippen LogP contribution in [0.15, 0.2) is 24.3 Å².